The molecule has 5 nitrogen and oxygen atoms in total. The highest BCUT2D eigenvalue weighted by Gasteiger charge is 2.11. The summed E-state index contributed by atoms with van der Waals surface area (Å²) in [6, 6.07) is 19.9. The van der Waals surface area contributed by atoms with Crippen molar-refractivity contribution in [2.24, 2.45) is 0 Å². The zero-order valence-electron chi connectivity index (χ0n) is 15.5. The number of amides is 1. The maximum atomic E-state index is 12.1. The molecule has 144 valence electrons. The Bertz CT molecular complexity index is 961. The van der Waals surface area contributed by atoms with Gasteiger partial charge in [0.1, 0.15) is 5.75 Å². The molecule has 1 amide bonds. The van der Waals surface area contributed by atoms with Gasteiger partial charge in [-0.3, -0.25) is 4.79 Å². The third-order valence-corrected chi connectivity index (χ3v) is 4.27. The highest BCUT2D eigenvalue weighted by Crippen LogP contribution is 2.35. The summed E-state index contributed by atoms with van der Waals surface area (Å²) in [5.74, 6) is 1.18. The molecule has 3 rings (SSSR count). The minimum Gasteiger partial charge on any atom is -0.455 e. The van der Waals surface area contributed by atoms with E-state index in [0.29, 0.717) is 45.7 Å². The first-order valence-electron chi connectivity index (χ1n) is 9.04. The van der Waals surface area contributed by atoms with Crippen LogP contribution in [-0.2, 0) is 0 Å². The van der Waals surface area contributed by atoms with Gasteiger partial charge in [0.2, 0.25) is 0 Å². The van der Waals surface area contributed by atoms with E-state index in [9.17, 15) is 4.79 Å². The Morgan fingerprint density at radius 3 is 2.54 bits per heavy atom. The number of benzene rings is 3. The Labute approximate surface area is 169 Å². The van der Waals surface area contributed by atoms with Gasteiger partial charge in [0.15, 0.2) is 5.75 Å². The normalized spacial score (nSPS) is 10.4. The van der Waals surface area contributed by atoms with Crippen LogP contribution in [0.1, 0.15) is 23.7 Å². The van der Waals surface area contributed by atoms with E-state index in [1.807, 2.05) is 37.3 Å². The lowest BCUT2D eigenvalue weighted by Gasteiger charge is -2.15. The molecule has 0 atom stereocenters. The van der Waals surface area contributed by atoms with E-state index in [2.05, 4.69) is 10.6 Å². The second-order valence-corrected chi connectivity index (χ2v) is 6.67. The number of carbonyl (C=O) groups is 1. The predicted octanol–water partition coefficient (Wildman–Crippen LogP) is 5.60. The van der Waals surface area contributed by atoms with Gasteiger partial charge in [-0.25, -0.2) is 0 Å². The molecule has 0 aliphatic carbocycles. The van der Waals surface area contributed by atoms with Crippen LogP contribution in [0.4, 0.5) is 17.1 Å². The zero-order chi connectivity index (χ0) is 19.9. The van der Waals surface area contributed by atoms with Gasteiger partial charge in [0, 0.05) is 17.1 Å². The average molecular weight is 396 g/mol. The molecule has 0 fully saturated rings. The molecule has 0 spiro atoms. The number of halogens is 1. The summed E-state index contributed by atoms with van der Waals surface area (Å²) in [7, 11) is 0. The van der Waals surface area contributed by atoms with E-state index < -0.39 is 0 Å². The molecule has 4 N–H and O–H groups in total. The number of rotatable bonds is 7. The maximum absolute atomic E-state index is 12.1. The van der Waals surface area contributed by atoms with Crippen molar-refractivity contribution in [3.05, 3.63) is 77.3 Å². The largest absolute Gasteiger partial charge is 0.455 e. The summed E-state index contributed by atoms with van der Waals surface area (Å²) in [4.78, 5) is 12.1. The minimum atomic E-state index is -0.143. The first kappa shape index (κ1) is 19.6. The van der Waals surface area contributed by atoms with Crippen LogP contribution in [0, 0.1) is 0 Å². The molecular formula is C22H22ClN3O2. The van der Waals surface area contributed by atoms with E-state index in [0.717, 1.165) is 6.42 Å². The van der Waals surface area contributed by atoms with Gasteiger partial charge in [0.25, 0.3) is 5.91 Å². The Morgan fingerprint density at radius 1 is 1.04 bits per heavy atom. The van der Waals surface area contributed by atoms with Crippen LogP contribution in [0.15, 0.2) is 66.7 Å². The number of hydrogen-bond acceptors (Lipinski definition) is 4. The molecule has 0 unspecified atom stereocenters. The van der Waals surface area contributed by atoms with Gasteiger partial charge in [0.05, 0.1) is 17.1 Å². The summed E-state index contributed by atoms with van der Waals surface area (Å²) >= 11 is 6.16. The van der Waals surface area contributed by atoms with E-state index in [4.69, 9.17) is 22.1 Å². The second-order valence-electron chi connectivity index (χ2n) is 6.24. The molecule has 0 heterocycles. The van der Waals surface area contributed by atoms with E-state index in [1.165, 1.54) is 0 Å². The van der Waals surface area contributed by atoms with E-state index in [-0.39, 0.29) is 5.91 Å². The van der Waals surface area contributed by atoms with Gasteiger partial charge in [-0.15, -0.1) is 0 Å². The first-order chi connectivity index (χ1) is 13.6. The molecule has 28 heavy (non-hydrogen) atoms. The number of para-hydroxylation sites is 1. The number of ether oxygens (including phenoxy) is 1. The van der Waals surface area contributed by atoms with Crippen molar-refractivity contribution in [2.45, 2.75) is 13.3 Å². The predicted molar refractivity (Wildman–Crippen MR) is 115 cm³/mol. The number of anilines is 3. The lowest BCUT2D eigenvalue weighted by molar-refractivity contribution is 0.0953. The number of nitrogen functional groups attached to an aromatic ring is 1. The summed E-state index contributed by atoms with van der Waals surface area (Å²) < 4.78 is 5.96. The minimum absolute atomic E-state index is 0.143. The van der Waals surface area contributed by atoms with Crippen molar-refractivity contribution in [3.63, 3.8) is 0 Å². The standard InChI is InChI=1S/C22H22ClN3O2/c1-2-12-25-22(27)15-8-10-19(18(24)13-15)26-20-14-16(23)9-11-21(20)28-17-6-4-3-5-7-17/h3-11,13-14,26H,2,12,24H2,1H3,(H,25,27). The number of hydrogen-bond donors (Lipinski definition) is 3. The van der Waals surface area contributed by atoms with Crippen LogP contribution in [-0.4, -0.2) is 12.5 Å². The fourth-order valence-electron chi connectivity index (χ4n) is 2.61. The van der Waals surface area contributed by atoms with Crippen LogP contribution >= 0.6 is 11.6 Å². The Hall–Kier alpha value is -3.18. The number of nitrogens with one attached hydrogen (secondary N) is 2. The Balaban J connectivity index is 1.83. The SMILES string of the molecule is CCCNC(=O)c1ccc(Nc2cc(Cl)ccc2Oc2ccccc2)c(N)c1. The second kappa shape index (κ2) is 9.15. The maximum Gasteiger partial charge on any atom is 0.251 e. The third-order valence-electron chi connectivity index (χ3n) is 4.03. The molecule has 0 aliphatic rings. The number of carbonyl (C=O) groups excluding carboxylic acids is 1. The van der Waals surface area contributed by atoms with Crippen molar-refractivity contribution in [2.75, 3.05) is 17.6 Å². The van der Waals surface area contributed by atoms with E-state index >= 15 is 0 Å². The summed E-state index contributed by atoms with van der Waals surface area (Å²) in [6.45, 7) is 2.63. The highest BCUT2D eigenvalue weighted by molar-refractivity contribution is 6.31. The molecule has 3 aromatic rings. The lowest BCUT2D eigenvalue weighted by atomic mass is 10.1. The van der Waals surface area contributed by atoms with Gasteiger partial charge in [-0.1, -0.05) is 36.7 Å². The molecule has 0 saturated carbocycles. The number of nitrogens with two attached hydrogens (primary N) is 1. The summed E-state index contributed by atoms with van der Waals surface area (Å²) in [6.07, 6.45) is 0.875. The molecule has 0 radical (unpaired) electrons. The Kier molecular flexibility index (Phi) is 6.40. The quantitative estimate of drug-likeness (QED) is 0.455. The topological polar surface area (TPSA) is 76.4 Å². The van der Waals surface area contributed by atoms with Gasteiger partial charge >= 0.3 is 0 Å². The molecule has 6 heteroatoms. The molecule has 3 aromatic carbocycles. The van der Waals surface area contributed by atoms with Gasteiger partial charge in [-0.2, -0.15) is 0 Å². The zero-order valence-corrected chi connectivity index (χ0v) is 16.3. The van der Waals surface area contributed by atoms with Crippen molar-refractivity contribution in [1.82, 2.24) is 5.32 Å². The summed E-state index contributed by atoms with van der Waals surface area (Å²) in [5, 5.41) is 6.65. The van der Waals surface area contributed by atoms with Gasteiger partial charge < -0.3 is 21.1 Å². The van der Waals surface area contributed by atoms with Crippen LogP contribution in [0.3, 0.4) is 0 Å². The van der Waals surface area contributed by atoms with Crippen molar-refractivity contribution in [3.8, 4) is 11.5 Å². The molecule has 0 aromatic heterocycles. The molecule has 0 aliphatic heterocycles. The third kappa shape index (κ3) is 4.96. The molecular weight excluding hydrogens is 374 g/mol. The summed E-state index contributed by atoms with van der Waals surface area (Å²) in [5.41, 5.74) is 8.46. The highest BCUT2D eigenvalue weighted by atomic mass is 35.5. The van der Waals surface area contributed by atoms with Crippen LogP contribution in [0.2, 0.25) is 5.02 Å². The Morgan fingerprint density at radius 2 is 1.82 bits per heavy atom. The van der Waals surface area contributed by atoms with Crippen molar-refractivity contribution in [1.29, 1.82) is 0 Å². The van der Waals surface area contributed by atoms with Crippen LogP contribution in [0.5, 0.6) is 11.5 Å². The van der Waals surface area contributed by atoms with Crippen molar-refractivity contribution < 1.29 is 9.53 Å². The molecule has 0 saturated heterocycles. The molecule has 0 bridgehead atoms. The van der Waals surface area contributed by atoms with E-state index in [1.54, 1.807) is 36.4 Å². The monoisotopic (exact) mass is 395 g/mol. The smallest absolute Gasteiger partial charge is 0.251 e. The fraction of sp³-hybridized carbons (Fsp3) is 0.136. The average Bonchev–Trinajstić information content (AvgIpc) is 2.70. The van der Waals surface area contributed by atoms with Gasteiger partial charge in [-0.05, 0) is 55.0 Å². The van der Waals surface area contributed by atoms with Crippen LogP contribution < -0.4 is 21.1 Å². The fourth-order valence-corrected chi connectivity index (χ4v) is 2.78. The van der Waals surface area contributed by atoms with Crippen LogP contribution in [0.25, 0.3) is 0 Å². The van der Waals surface area contributed by atoms with Crippen molar-refractivity contribution >= 4 is 34.6 Å². The first-order valence-corrected chi connectivity index (χ1v) is 9.42. The lowest BCUT2D eigenvalue weighted by Crippen LogP contribution is -2.24.